The lowest BCUT2D eigenvalue weighted by atomic mass is 10.2. The van der Waals surface area contributed by atoms with Crippen molar-refractivity contribution < 1.29 is 19.4 Å². The molecule has 150 valence electrons. The number of aromatic nitrogens is 2. The predicted octanol–water partition coefficient (Wildman–Crippen LogP) is 0.215. The molecule has 1 aromatic heterocycles. The Morgan fingerprint density at radius 1 is 1.07 bits per heavy atom. The van der Waals surface area contributed by atoms with Crippen LogP contribution in [-0.4, -0.2) is 58.0 Å². The standard InChI is InChI=1S/C19H23N3O6/c23-17-12-16(18(24)25)22(14-28-13-15-4-2-1-3-5-15)19(26)21(17)7-6-20-8-10-27-11-9-20/h1-5,12H,6-11,13-14H2,(H,24,25). The summed E-state index contributed by atoms with van der Waals surface area (Å²) in [5, 5.41) is 9.37. The first kappa shape index (κ1) is 20.0. The molecule has 0 atom stereocenters. The lowest BCUT2D eigenvalue weighted by Crippen LogP contribution is -2.45. The number of benzene rings is 1. The molecule has 1 fully saturated rings. The normalized spacial score (nSPS) is 14.9. The van der Waals surface area contributed by atoms with E-state index >= 15 is 0 Å². The number of nitrogens with zero attached hydrogens (tertiary/aromatic N) is 3. The lowest BCUT2D eigenvalue weighted by Gasteiger charge is -2.26. The molecule has 1 saturated heterocycles. The van der Waals surface area contributed by atoms with Gasteiger partial charge in [-0.05, 0) is 5.56 Å². The summed E-state index contributed by atoms with van der Waals surface area (Å²) in [4.78, 5) is 38.6. The molecular weight excluding hydrogens is 366 g/mol. The average molecular weight is 389 g/mol. The van der Waals surface area contributed by atoms with Crippen molar-refractivity contribution in [3.8, 4) is 0 Å². The highest BCUT2D eigenvalue weighted by atomic mass is 16.5. The van der Waals surface area contributed by atoms with Crippen LogP contribution in [0.4, 0.5) is 0 Å². The number of carboxylic acid groups (broad SMARTS) is 1. The Balaban J connectivity index is 1.77. The number of carboxylic acids is 1. The summed E-state index contributed by atoms with van der Waals surface area (Å²) in [7, 11) is 0. The predicted molar refractivity (Wildman–Crippen MR) is 100 cm³/mol. The van der Waals surface area contributed by atoms with Crippen molar-refractivity contribution in [2.75, 3.05) is 32.8 Å². The highest BCUT2D eigenvalue weighted by Crippen LogP contribution is 2.03. The summed E-state index contributed by atoms with van der Waals surface area (Å²) < 4.78 is 12.8. The fourth-order valence-electron chi connectivity index (χ4n) is 3.02. The van der Waals surface area contributed by atoms with Gasteiger partial charge in [0.05, 0.1) is 19.8 Å². The van der Waals surface area contributed by atoms with Gasteiger partial charge >= 0.3 is 11.7 Å². The second kappa shape index (κ2) is 9.45. The Labute approximate surface area is 161 Å². The highest BCUT2D eigenvalue weighted by molar-refractivity contribution is 5.85. The Morgan fingerprint density at radius 2 is 1.79 bits per heavy atom. The minimum Gasteiger partial charge on any atom is -0.477 e. The van der Waals surface area contributed by atoms with Crippen molar-refractivity contribution in [2.45, 2.75) is 19.9 Å². The van der Waals surface area contributed by atoms with Crippen LogP contribution < -0.4 is 11.2 Å². The van der Waals surface area contributed by atoms with E-state index in [2.05, 4.69) is 4.90 Å². The summed E-state index contributed by atoms with van der Waals surface area (Å²) >= 11 is 0. The first-order chi connectivity index (χ1) is 13.6. The Kier molecular flexibility index (Phi) is 6.75. The quantitative estimate of drug-likeness (QED) is 0.689. The number of carbonyl (C=O) groups is 1. The number of hydrogen-bond acceptors (Lipinski definition) is 6. The summed E-state index contributed by atoms with van der Waals surface area (Å²) in [5.41, 5.74) is -0.806. The zero-order chi connectivity index (χ0) is 19.9. The summed E-state index contributed by atoms with van der Waals surface area (Å²) in [6, 6.07) is 10.3. The molecule has 0 spiro atoms. The number of rotatable bonds is 8. The van der Waals surface area contributed by atoms with E-state index in [4.69, 9.17) is 9.47 Å². The molecule has 28 heavy (non-hydrogen) atoms. The highest BCUT2D eigenvalue weighted by Gasteiger charge is 2.18. The van der Waals surface area contributed by atoms with E-state index < -0.39 is 17.2 Å². The van der Waals surface area contributed by atoms with E-state index in [1.165, 1.54) is 0 Å². The molecule has 1 aromatic carbocycles. The summed E-state index contributed by atoms with van der Waals surface area (Å²) in [6.07, 6.45) is 0. The summed E-state index contributed by atoms with van der Waals surface area (Å²) in [6.45, 7) is 3.35. The van der Waals surface area contributed by atoms with Crippen LogP contribution in [0.25, 0.3) is 0 Å². The lowest BCUT2D eigenvalue weighted by molar-refractivity contribution is 0.0352. The second-order valence-electron chi connectivity index (χ2n) is 6.45. The molecule has 2 aromatic rings. The van der Waals surface area contributed by atoms with Crippen molar-refractivity contribution in [1.82, 2.24) is 14.0 Å². The van der Waals surface area contributed by atoms with Gasteiger partial charge in [0.1, 0.15) is 12.4 Å². The van der Waals surface area contributed by atoms with Crippen LogP contribution >= 0.6 is 0 Å². The molecule has 9 heteroatoms. The molecule has 0 radical (unpaired) electrons. The maximum atomic E-state index is 12.8. The van der Waals surface area contributed by atoms with Crippen molar-refractivity contribution in [1.29, 1.82) is 0 Å². The van der Waals surface area contributed by atoms with Crippen LogP contribution in [-0.2, 0) is 29.4 Å². The monoisotopic (exact) mass is 389 g/mol. The zero-order valence-electron chi connectivity index (χ0n) is 15.5. The minimum absolute atomic E-state index is 0.177. The third-order valence-electron chi connectivity index (χ3n) is 4.57. The average Bonchev–Trinajstić information content (AvgIpc) is 2.70. The van der Waals surface area contributed by atoms with Gasteiger partial charge in [0.2, 0.25) is 0 Å². The fraction of sp³-hybridized carbons (Fsp3) is 0.421. The van der Waals surface area contributed by atoms with Gasteiger partial charge in [-0.1, -0.05) is 30.3 Å². The van der Waals surface area contributed by atoms with Gasteiger partial charge in [0.15, 0.2) is 0 Å². The van der Waals surface area contributed by atoms with Gasteiger partial charge in [-0.3, -0.25) is 18.8 Å². The molecule has 9 nitrogen and oxygen atoms in total. The van der Waals surface area contributed by atoms with E-state index in [9.17, 15) is 19.5 Å². The molecule has 0 unspecified atom stereocenters. The molecule has 0 bridgehead atoms. The molecule has 1 aliphatic heterocycles. The molecule has 1 aliphatic rings. The van der Waals surface area contributed by atoms with Gasteiger partial charge < -0.3 is 14.6 Å². The van der Waals surface area contributed by atoms with Crippen LogP contribution in [0.3, 0.4) is 0 Å². The van der Waals surface area contributed by atoms with E-state index in [-0.39, 0.29) is 25.6 Å². The fourth-order valence-corrected chi connectivity index (χ4v) is 3.02. The number of ether oxygens (including phenoxy) is 2. The Hall–Kier alpha value is -2.75. The van der Waals surface area contributed by atoms with E-state index in [1.807, 2.05) is 30.3 Å². The van der Waals surface area contributed by atoms with Crippen LogP contribution in [0.5, 0.6) is 0 Å². The Morgan fingerprint density at radius 3 is 2.46 bits per heavy atom. The maximum absolute atomic E-state index is 12.8. The van der Waals surface area contributed by atoms with Crippen molar-refractivity contribution in [3.05, 3.63) is 68.5 Å². The van der Waals surface area contributed by atoms with Gasteiger partial charge in [0, 0.05) is 32.2 Å². The van der Waals surface area contributed by atoms with Crippen LogP contribution in [0.1, 0.15) is 16.1 Å². The molecule has 2 heterocycles. The van der Waals surface area contributed by atoms with Gasteiger partial charge in [0.25, 0.3) is 5.56 Å². The van der Waals surface area contributed by atoms with Gasteiger partial charge in [-0.15, -0.1) is 0 Å². The third kappa shape index (κ3) is 4.94. The van der Waals surface area contributed by atoms with Crippen LogP contribution in [0.2, 0.25) is 0 Å². The van der Waals surface area contributed by atoms with Gasteiger partial charge in [-0.25, -0.2) is 9.59 Å². The first-order valence-electron chi connectivity index (χ1n) is 9.06. The van der Waals surface area contributed by atoms with E-state index in [1.54, 1.807) is 0 Å². The van der Waals surface area contributed by atoms with Crippen LogP contribution in [0.15, 0.2) is 46.0 Å². The largest absolute Gasteiger partial charge is 0.477 e. The van der Waals surface area contributed by atoms with Crippen LogP contribution in [0, 0.1) is 0 Å². The molecule has 0 aliphatic carbocycles. The molecule has 0 saturated carbocycles. The van der Waals surface area contributed by atoms with Gasteiger partial charge in [-0.2, -0.15) is 0 Å². The van der Waals surface area contributed by atoms with Crippen molar-refractivity contribution >= 4 is 5.97 Å². The number of aromatic carboxylic acids is 1. The van der Waals surface area contributed by atoms with E-state index in [0.717, 1.165) is 33.9 Å². The van der Waals surface area contributed by atoms with Crippen molar-refractivity contribution in [2.24, 2.45) is 0 Å². The first-order valence-corrected chi connectivity index (χ1v) is 9.06. The molecule has 0 amide bonds. The second-order valence-corrected chi connectivity index (χ2v) is 6.45. The number of hydrogen-bond donors (Lipinski definition) is 1. The zero-order valence-corrected chi connectivity index (χ0v) is 15.5. The SMILES string of the molecule is O=C(O)c1cc(=O)n(CCN2CCOCC2)c(=O)n1COCc1ccccc1. The molecule has 1 N–H and O–H groups in total. The molecule has 3 rings (SSSR count). The minimum atomic E-state index is -1.35. The third-order valence-corrected chi connectivity index (χ3v) is 4.57. The molecular formula is C19H23N3O6. The maximum Gasteiger partial charge on any atom is 0.352 e. The smallest absolute Gasteiger partial charge is 0.352 e. The van der Waals surface area contributed by atoms with Crippen molar-refractivity contribution in [3.63, 3.8) is 0 Å². The topological polar surface area (TPSA) is 103 Å². The Bertz CT molecular complexity index is 916. The number of morpholine rings is 1. The summed E-state index contributed by atoms with van der Waals surface area (Å²) in [5.74, 6) is -1.35. The van der Waals surface area contributed by atoms with E-state index in [0.29, 0.717) is 19.8 Å².